The van der Waals surface area contributed by atoms with Crippen LogP contribution in [-0.2, 0) is 11.2 Å². The van der Waals surface area contributed by atoms with E-state index >= 15 is 0 Å². The fraction of sp³-hybridized carbons (Fsp3) is 0.522. The van der Waals surface area contributed by atoms with E-state index in [0.29, 0.717) is 12.1 Å². The van der Waals surface area contributed by atoms with Crippen LogP contribution in [0.1, 0.15) is 51.7 Å². The maximum Gasteiger partial charge on any atom is 0.228 e. The lowest BCUT2D eigenvalue weighted by molar-refractivity contribution is -0.125. The minimum absolute atomic E-state index is 0.0892. The van der Waals surface area contributed by atoms with Crippen molar-refractivity contribution in [1.29, 1.82) is 0 Å². The first-order valence-corrected chi connectivity index (χ1v) is 10.4. The molecule has 2 aromatic rings. The predicted octanol–water partition coefficient (Wildman–Crippen LogP) is 4.12. The molecule has 0 radical (unpaired) electrons. The molecule has 2 aliphatic rings. The molecule has 3 atom stereocenters. The van der Waals surface area contributed by atoms with E-state index in [9.17, 15) is 4.79 Å². The quantitative estimate of drug-likeness (QED) is 0.837. The number of rotatable bonds is 5. The maximum absolute atomic E-state index is 13.0. The van der Waals surface area contributed by atoms with Crippen molar-refractivity contribution in [3.05, 3.63) is 41.6 Å². The van der Waals surface area contributed by atoms with Gasteiger partial charge in [-0.3, -0.25) is 9.69 Å². The molecular weight excluding hydrogens is 334 g/mol. The Morgan fingerprint density at radius 1 is 1.33 bits per heavy atom. The van der Waals surface area contributed by atoms with Crippen molar-refractivity contribution in [3.63, 3.8) is 0 Å². The van der Waals surface area contributed by atoms with Crippen LogP contribution >= 0.6 is 0 Å². The topological polar surface area (TPSA) is 48.1 Å². The highest BCUT2D eigenvalue weighted by molar-refractivity contribution is 5.99. The Morgan fingerprint density at radius 2 is 2.15 bits per heavy atom. The van der Waals surface area contributed by atoms with Crippen LogP contribution in [0.25, 0.3) is 16.5 Å². The Hall–Kier alpha value is -2.07. The Balaban J connectivity index is 1.73. The summed E-state index contributed by atoms with van der Waals surface area (Å²) in [4.78, 5) is 18.9. The normalized spacial score (nSPS) is 23.2. The number of nitrogens with one attached hydrogen (secondary N) is 2. The van der Waals surface area contributed by atoms with Gasteiger partial charge in [0.25, 0.3) is 0 Å². The number of fused-ring (bicyclic) bond motifs is 2. The van der Waals surface area contributed by atoms with Crippen LogP contribution in [0.2, 0.25) is 0 Å². The minimum atomic E-state index is -0.0892. The third-order valence-corrected chi connectivity index (χ3v) is 6.17. The number of nitrogens with zero attached hydrogens (tertiary/aromatic N) is 1. The van der Waals surface area contributed by atoms with E-state index in [1.807, 2.05) is 0 Å². The van der Waals surface area contributed by atoms with Gasteiger partial charge in [0.2, 0.25) is 5.91 Å². The van der Waals surface area contributed by atoms with Crippen molar-refractivity contribution in [3.8, 4) is 0 Å². The molecule has 1 aliphatic heterocycles. The first-order valence-electron chi connectivity index (χ1n) is 10.4. The van der Waals surface area contributed by atoms with Gasteiger partial charge in [-0.15, -0.1) is 0 Å². The van der Waals surface area contributed by atoms with E-state index in [2.05, 4.69) is 73.4 Å². The average Bonchev–Trinajstić information content (AvgIpc) is 3.05. The Morgan fingerprint density at radius 3 is 2.89 bits per heavy atom. The van der Waals surface area contributed by atoms with Crippen molar-refractivity contribution < 1.29 is 4.79 Å². The molecule has 4 rings (SSSR count). The predicted molar refractivity (Wildman–Crippen MR) is 112 cm³/mol. The summed E-state index contributed by atoms with van der Waals surface area (Å²) in [6.45, 7) is 9.54. The third-order valence-electron chi connectivity index (χ3n) is 6.17. The van der Waals surface area contributed by atoms with Gasteiger partial charge in [-0.1, -0.05) is 31.6 Å². The molecule has 0 bridgehead atoms. The SMILES string of the molecule is CCC[C@@H](C)NC(=O)[C@@H]1C=C2c3cccc4[nH]cc(c34)C[C@H]2N(C(C)C)C1. The number of hydrogen-bond acceptors (Lipinski definition) is 2. The Kier molecular flexibility index (Phi) is 4.85. The molecule has 27 heavy (non-hydrogen) atoms. The van der Waals surface area contributed by atoms with Gasteiger partial charge in [0.1, 0.15) is 0 Å². The fourth-order valence-corrected chi connectivity index (χ4v) is 4.86. The van der Waals surface area contributed by atoms with E-state index in [4.69, 9.17) is 0 Å². The van der Waals surface area contributed by atoms with Gasteiger partial charge >= 0.3 is 0 Å². The molecule has 4 nitrogen and oxygen atoms in total. The van der Waals surface area contributed by atoms with Gasteiger partial charge in [-0.2, -0.15) is 0 Å². The number of amides is 1. The monoisotopic (exact) mass is 365 g/mol. The Bertz CT molecular complexity index is 879. The van der Waals surface area contributed by atoms with Crippen LogP contribution < -0.4 is 5.32 Å². The number of benzene rings is 1. The van der Waals surface area contributed by atoms with Crippen molar-refractivity contribution in [2.75, 3.05) is 6.54 Å². The van der Waals surface area contributed by atoms with E-state index in [0.717, 1.165) is 25.8 Å². The molecule has 0 unspecified atom stereocenters. The second-order valence-corrected chi connectivity index (χ2v) is 8.48. The smallest absolute Gasteiger partial charge is 0.228 e. The highest BCUT2D eigenvalue weighted by atomic mass is 16.2. The van der Waals surface area contributed by atoms with Crippen LogP contribution in [0.4, 0.5) is 0 Å². The average molecular weight is 366 g/mol. The molecule has 1 aromatic heterocycles. The van der Waals surface area contributed by atoms with Gasteiger partial charge in [-0.05, 0) is 56.4 Å². The van der Waals surface area contributed by atoms with Gasteiger partial charge in [0.15, 0.2) is 0 Å². The molecule has 0 spiro atoms. The van der Waals surface area contributed by atoms with Crippen molar-refractivity contribution in [2.45, 2.75) is 65.1 Å². The number of aromatic nitrogens is 1. The molecule has 1 amide bonds. The van der Waals surface area contributed by atoms with Gasteiger partial charge < -0.3 is 10.3 Å². The summed E-state index contributed by atoms with van der Waals surface area (Å²) in [5.41, 5.74) is 5.22. The summed E-state index contributed by atoms with van der Waals surface area (Å²) in [6, 6.07) is 7.47. The zero-order chi connectivity index (χ0) is 19.1. The van der Waals surface area contributed by atoms with Crippen LogP contribution in [-0.4, -0.2) is 40.5 Å². The summed E-state index contributed by atoms with van der Waals surface area (Å²) in [7, 11) is 0. The summed E-state index contributed by atoms with van der Waals surface area (Å²) in [5, 5.41) is 4.57. The standard InChI is InChI=1S/C23H31N3O/c1-5-7-15(4)25-23(27)17-10-19-18-8-6-9-20-22(18)16(12-24-20)11-21(19)26(13-17)14(2)3/h6,8-10,12,14-15,17,21,24H,5,7,11,13H2,1-4H3,(H,25,27)/t15-,17-,21-/m1/s1. The molecule has 1 aromatic carbocycles. The largest absolute Gasteiger partial charge is 0.361 e. The molecule has 1 aliphatic carbocycles. The van der Waals surface area contributed by atoms with Crippen molar-refractivity contribution in [2.24, 2.45) is 5.92 Å². The molecule has 0 fully saturated rings. The van der Waals surface area contributed by atoms with Crippen molar-refractivity contribution >= 4 is 22.4 Å². The molecule has 2 N–H and O–H groups in total. The lowest BCUT2D eigenvalue weighted by Crippen LogP contribution is -2.51. The highest BCUT2D eigenvalue weighted by Crippen LogP contribution is 2.41. The maximum atomic E-state index is 13.0. The second kappa shape index (κ2) is 7.16. The fourth-order valence-electron chi connectivity index (χ4n) is 4.86. The molecule has 0 saturated heterocycles. The highest BCUT2D eigenvalue weighted by Gasteiger charge is 2.38. The number of hydrogen-bond donors (Lipinski definition) is 2. The molecule has 144 valence electrons. The van der Waals surface area contributed by atoms with E-state index < -0.39 is 0 Å². The molecule has 4 heteroatoms. The summed E-state index contributed by atoms with van der Waals surface area (Å²) < 4.78 is 0. The molecule has 0 saturated carbocycles. The van der Waals surface area contributed by atoms with E-state index in [1.54, 1.807) is 0 Å². The van der Waals surface area contributed by atoms with Gasteiger partial charge in [0.05, 0.1) is 5.92 Å². The van der Waals surface area contributed by atoms with Crippen LogP contribution in [0, 0.1) is 5.92 Å². The molecule has 2 heterocycles. The van der Waals surface area contributed by atoms with Gasteiger partial charge in [-0.25, -0.2) is 0 Å². The number of carbonyl (C=O) groups is 1. The Labute approximate surface area is 162 Å². The lowest BCUT2D eigenvalue weighted by Gasteiger charge is -2.44. The van der Waals surface area contributed by atoms with E-state index in [-0.39, 0.29) is 17.9 Å². The van der Waals surface area contributed by atoms with Crippen LogP contribution in [0.5, 0.6) is 0 Å². The van der Waals surface area contributed by atoms with Gasteiger partial charge in [0, 0.05) is 41.8 Å². The molecular formula is C23H31N3O. The number of aromatic amines is 1. The number of carbonyl (C=O) groups excluding carboxylic acids is 1. The lowest BCUT2D eigenvalue weighted by atomic mass is 9.79. The first-order chi connectivity index (χ1) is 13.0. The van der Waals surface area contributed by atoms with Crippen LogP contribution in [0.15, 0.2) is 30.5 Å². The number of H-pyrrole nitrogens is 1. The zero-order valence-corrected chi connectivity index (χ0v) is 16.9. The van der Waals surface area contributed by atoms with Crippen molar-refractivity contribution in [1.82, 2.24) is 15.2 Å². The second-order valence-electron chi connectivity index (χ2n) is 8.48. The van der Waals surface area contributed by atoms with E-state index in [1.165, 1.54) is 27.6 Å². The third kappa shape index (κ3) is 3.20. The minimum Gasteiger partial charge on any atom is -0.361 e. The first kappa shape index (κ1) is 18.3. The summed E-state index contributed by atoms with van der Waals surface area (Å²) >= 11 is 0. The van der Waals surface area contributed by atoms with Crippen LogP contribution in [0.3, 0.4) is 0 Å². The summed E-state index contributed by atoms with van der Waals surface area (Å²) in [6.07, 6.45) is 7.54. The summed E-state index contributed by atoms with van der Waals surface area (Å²) in [5.74, 6) is 0.0771. The zero-order valence-electron chi connectivity index (χ0n) is 16.9.